The molecule has 0 radical (unpaired) electrons. The Kier molecular flexibility index (Phi) is 7.58. The standard InChI is InChI=1S/C7H12ClNO2.C5H11NO/c1-6(8)7(10)9-2-4-11-5-3-9;1-6-2-4-7-5-3-6/h6H,2-5H2,1H3;2-5H2,1H3/t6-;/m0./s1. The second-order valence-electron chi connectivity index (χ2n) is 4.47. The number of hydrogen-bond donors (Lipinski definition) is 0. The van der Waals surface area contributed by atoms with Gasteiger partial charge in [-0.05, 0) is 14.0 Å². The van der Waals surface area contributed by atoms with E-state index >= 15 is 0 Å². The molecule has 0 aromatic carbocycles. The van der Waals surface area contributed by atoms with E-state index in [1.54, 1.807) is 11.8 Å². The molecule has 18 heavy (non-hydrogen) atoms. The van der Waals surface area contributed by atoms with Crippen molar-refractivity contribution in [1.29, 1.82) is 0 Å². The third-order valence-electron chi connectivity index (χ3n) is 2.90. The van der Waals surface area contributed by atoms with Gasteiger partial charge in [0.1, 0.15) is 5.38 Å². The first kappa shape index (κ1) is 15.7. The quantitative estimate of drug-likeness (QED) is 0.652. The van der Waals surface area contributed by atoms with Crippen LogP contribution in [0.2, 0.25) is 0 Å². The van der Waals surface area contributed by atoms with E-state index in [9.17, 15) is 4.79 Å². The topological polar surface area (TPSA) is 42.0 Å². The van der Waals surface area contributed by atoms with Gasteiger partial charge in [0.2, 0.25) is 5.91 Å². The van der Waals surface area contributed by atoms with Crippen molar-refractivity contribution < 1.29 is 14.3 Å². The van der Waals surface area contributed by atoms with Gasteiger partial charge in [-0.1, -0.05) is 0 Å². The van der Waals surface area contributed by atoms with Gasteiger partial charge >= 0.3 is 0 Å². The van der Waals surface area contributed by atoms with E-state index in [1.165, 1.54) is 0 Å². The Hall–Kier alpha value is -0.360. The number of halogens is 1. The van der Waals surface area contributed by atoms with Crippen molar-refractivity contribution in [2.75, 3.05) is 59.7 Å². The van der Waals surface area contributed by atoms with E-state index < -0.39 is 5.38 Å². The summed E-state index contributed by atoms with van der Waals surface area (Å²) in [6.07, 6.45) is 0. The summed E-state index contributed by atoms with van der Waals surface area (Å²) < 4.78 is 10.2. The highest BCUT2D eigenvalue weighted by atomic mass is 35.5. The third-order valence-corrected chi connectivity index (χ3v) is 3.08. The summed E-state index contributed by atoms with van der Waals surface area (Å²) in [4.78, 5) is 15.2. The summed E-state index contributed by atoms with van der Waals surface area (Å²) in [5.41, 5.74) is 0. The molecule has 2 saturated heterocycles. The van der Waals surface area contributed by atoms with Crippen molar-refractivity contribution in [3.05, 3.63) is 0 Å². The van der Waals surface area contributed by atoms with Crippen LogP contribution in [-0.2, 0) is 14.3 Å². The van der Waals surface area contributed by atoms with Crippen LogP contribution >= 0.6 is 11.6 Å². The first-order valence-corrected chi connectivity index (χ1v) is 6.82. The number of ether oxygens (including phenoxy) is 2. The molecular formula is C12H23ClN2O3. The minimum atomic E-state index is -0.409. The number of alkyl halides is 1. The highest BCUT2D eigenvalue weighted by Crippen LogP contribution is 2.04. The Morgan fingerprint density at radius 1 is 1.06 bits per heavy atom. The average molecular weight is 279 g/mol. The van der Waals surface area contributed by atoms with Crippen LogP contribution in [0.1, 0.15) is 6.92 Å². The lowest BCUT2D eigenvalue weighted by atomic mass is 10.3. The predicted octanol–water partition coefficient (Wildman–Crippen LogP) is 0.421. The number of carbonyl (C=O) groups excluding carboxylic acids is 1. The summed E-state index contributed by atoms with van der Waals surface area (Å²) in [5.74, 6) is 0.00923. The number of carbonyl (C=O) groups is 1. The molecule has 2 aliphatic rings. The highest BCUT2D eigenvalue weighted by molar-refractivity contribution is 6.30. The van der Waals surface area contributed by atoms with Crippen molar-refractivity contribution in [2.45, 2.75) is 12.3 Å². The van der Waals surface area contributed by atoms with E-state index in [4.69, 9.17) is 21.1 Å². The summed E-state index contributed by atoms with van der Waals surface area (Å²) >= 11 is 5.63. The SMILES string of the molecule is CN1CCOCC1.C[C@H](Cl)C(=O)N1CCOCC1. The number of amides is 1. The fourth-order valence-corrected chi connectivity index (χ4v) is 1.83. The zero-order chi connectivity index (χ0) is 13.4. The molecule has 1 atom stereocenters. The van der Waals surface area contributed by atoms with E-state index in [0.717, 1.165) is 26.3 Å². The highest BCUT2D eigenvalue weighted by Gasteiger charge is 2.20. The van der Waals surface area contributed by atoms with Crippen molar-refractivity contribution in [3.63, 3.8) is 0 Å². The lowest BCUT2D eigenvalue weighted by Gasteiger charge is -2.27. The maximum atomic E-state index is 11.2. The molecule has 0 N–H and O–H groups in total. The molecule has 2 heterocycles. The van der Waals surface area contributed by atoms with E-state index in [1.807, 2.05) is 0 Å². The molecule has 2 aliphatic heterocycles. The second kappa shape index (κ2) is 8.69. The van der Waals surface area contributed by atoms with Gasteiger partial charge in [0.15, 0.2) is 0 Å². The molecule has 6 heteroatoms. The molecule has 5 nitrogen and oxygen atoms in total. The van der Waals surface area contributed by atoms with Crippen LogP contribution < -0.4 is 0 Å². The first-order chi connectivity index (χ1) is 8.61. The van der Waals surface area contributed by atoms with Crippen LogP contribution in [0.5, 0.6) is 0 Å². The van der Waals surface area contributed by atoms with Crippen molar-refractivity contribution in [3.8, 4) is 0 Å². The Balaban J connectivity index is 0.000000199. The molecule has 0 saturated carbocycles. The van der Waals surface area contributed by atoms with Gasteiger partial charge in [0.25, 0.3) is 0 Å². The average Bonchev–Trinajstić information content (AvgIpc) is 2.40. The fraction of sp³-hybridized carbons (Fsp3) is 0.917. The molecular weight excluding hydrogens is 256 g/mol. The molecule has 0 aliphatic carbocycles. The van der Waals surface area contributed by atoms with Gasteiger partial charge in [-0.15, -0.1) is 11.6 Å². The molecule has 2 fully saturated rings. The molecule has 1 amide bonds. The first-order valence-electron chi connectivity index (χ1n) is 6.38. The number of hydrogen-bond acceptors (Lipinski definition) is 4. The molecule has 0 aromatic rings. The van der Waals surface area contributed by atoms with Crippen molar-refractivity contribution >= 4 is 17.5 Å². The molecule has 0 unspecified atom stereocenters. The monoisotopic (exact) mass is 278 g/mol. The molecule has 0 aromatic heterocycles. The maximum absolute atomic E-state index is 11.2. The number of morpholine rings is 2. The van der Waals surface area contributed by atoms with E-state index in [2.05, 4.69) is 11.9 Å². The fourth-order valence-electron chi connectivity index (χ4n) is 1.69. The Morgan fingerprint density at radius 2 is 1.50 bits per heavy atom. The summed E-state index contributed by atoms with van der Waals surface area (Å²) in [7, 11) is 2.11. The third kappa shape index (κ3) is 6.00. The van der Waals surface area contributed by atoms with Crippen LogP contribution in [0.3, 0.4) is 0 Å². The zero-order valence-electron chi connectivity index (χ0n) is 11.2. The Bertz CT molecular complexity index is 239. The summed E-state index contributed by atoms with van der Waals surface area (Å²) in [6.45, 7) is 8.34. The predicted molar refractivity (Wildman–Crippen MR) is 71.0 cm³/mol. The summed E-state index contributed by atoms with van der Waals surface area (Å²) in [5, 5.41) is -0.409. The Morgan fingerprint density at radius 3 is 1.83 bits per heavy atom. The van der Waals surface area contributed by atoms with Gasteiger partial charge in [-0.25, -0.2) is 0 Å². The van der Waals surface area contributed by atoms with Gasteiger partial charge in [-0.3, -0.25) is 4.79 Å². The van der Waals surface area contributed by atoms with Crippen LogP contribution in [-0.4, -0.2) is 80.7 Å². The molecule has 2 rings (SSSR count). The van der Waals surface area contributed by atoms with Crippen LogP contribution in [0.15, 0.2) is 0 Å². The lowest BCUT2D eigenvalue weighted by molar-refractivity contribution is -0.134. The number of nitrogens with zero attached hydrogens (tertiary/aromatic N) is 2. The zero-order valence-corrected chi connectivity index (χ0v) is 12.0. The van der Waals surface area contributed by atoms with Gasteiger partial charge in [0, 0.05) is 26.2 Å². The van der Waals surface area contributed by atoms with E-state index in [-0.39, 0.29) is 5.91 Å². The van der Waals surface area contributed by atoms with Crippen LogP contribution in [0.25, 0.3) is 0 Å². The Labute approximate surface area is 114 Å². The number of rotatable bonds is 1. The molecule has 0 spiro atoms. The van der Waals surface area contributed by atoms with Crippen molar-refractivity contribution in [1.82, 2.24) is 9.80 Å². The van der Waals surface area contributed by atoms with Gasteiger partial charge in [-0.2, -0.15) is 0 Å². The molecule has 0 bridgehead atoms. The summed E-state index contributed by atoms with van der Waals surface area (Å²) in [6, 6.07) is 0. The number of likely N-dealkylation sites (N-methyl/N-ethyl adjacent to an activating group) is 1. The van der Waals surface area contributed by atoms with Gasteiger partial charge < -0.3 is 19.3 Å². The minimum Gasteiger partial charge on any atom is -0.379 e. The largest absolute Gasteiger partial charge is 0.379 e. The van der Waals surface area contributed by atoms with Crippen molar-refractivity contribution in [2.24, 2.45) is 0 Å². The lowest BCUT2D eigenvalue weighted by Crippen LogP contribution is -2.43. The second-order valence-corrected chi connectivity index (χ2v) is 5.12. The van der Waals surface area contributed by atoms with Crippen LogP contribution in [0, 0.1) is 0 Å². The molecule has 106 valence electrons. The minimum absolute atomic E-state index is 0.00923. The van der Waals surface area contributed by atoms with E-state index in [0.29, 0.717) is 26.3 Å². The smallest absolute Gasteiger partial charge is 0.240 e. The normalized spacial score (nSPS) is 22.9. The van der Waals surface area contributed by atoms with Gasteiger partial charge in [0.05, 0.1) is 26.4 Å². The van der Waals surface area contributed by atoms with Crippen LogP contribution in [0.4, 0.5) is 0 Å². The maximum Gasteiger partial charge on any atom is 0.240 e.